The molecule has 3 heteroatoms. The number of methoxy groups -OCH3 is 1. The van der Waals surface area contributed by atoms with Crippen LogP contribution in [0.5, 0.6) is 5.75 Å². The Labute approximate surface area is 128 Å². The highest BCUT2D eigenvalue weighted by molar-refractivity contribution is 5.27. The Balaban J connectivity index is 1.76. The molecule has 3 nitrogen and oxygen atoms in total. The lowest BCUT2D eigenvalue weighted by molar-refractivity contribution is 0.131. The summed E-state index contributed by atoms with van der Waals surface area (Å²) in [6.07, 6.45) is 6.07. The van der Waals surface area contributed by atoms with Gasteiger partial charge >= 0.3 is 0 Å². The molecule has 0 amide bonds. The fourth-order valence-electron chi connectivity index (χ4n) is 3.33. The zero-order chi connectivity index (χ0) is 15.1. The first-order chi connectivity index (χ1) is 10.2. The molecule has 0 radical (unpaired) electrons. The van der Waals surface area contributed by atoms with E-state index in [1.807, 2.05) is 12.1 Å². The van der Waals surface area contributed by atoms with Gasteiger partial charge in [-0.1, -0.05) is 25.0 Å². The van der Waals surface area contributed by atoms with Gasteiger partial charge in [0.05, 0.1) is 7.11 Å². The van der Waals surface area contributed by atoms with Gasteiger partial charge in [-0.05, 0) is 62.3 Å². The van der Waals surface area contributed by atoms with Crippen molar-refractivity contribution < 1.29 is 9.84 Å². The molecular formula is C18H29NO2. The van der Waals surface area contributed by atoms with Crippen molar-refractivity contribution in [2.45, 2.75) is 45.1 Å². The molecule has 0 spiro atoms. The van der Waals surface area contributed by atoms with Crippen molar-refractivity contribution in [3.63, 3.8) is 0 Å². The molecule has 118 valence electrons. The smallest absolute Gasteiger partial charge is 0.118 e. The van der Waals surface area contributed by atoms with Crippen LogP contribution >= 0.6 is 0 Å². The Morgan fingerprint density at radius 1 is 1.19 bits per heavy atom. The number of nitrogens with one attached hydrogen (secondary N) is 1. The molecule has 1 aliphatic carbocycles. The largest absolute Gasteiger partial charge is 0.497 e. The van der Waals surface area contributed by atoms with Crippen LogP contribution < -0.4 is 10.1 Å². The van der Waals surface area contributed by atoms with Crippen molar-refractivity contribution in [2.75, 3.05) is 20.3 Å². The summed E-state index contributed by atoms with van der Waals surface area (Å²) >= 11 is 0. The van der Waals surface area contributed by atoms with Gasteiger partial charge in [-0.15, -0.1) is 0 Å². The summed E-state index contributed by atoms with van der Waals surface area (Å²) in [6.45, 7) is 3.61. The minimum Gasteiger partial charge on any atom is -0.497 e. The molecule has 1 aromatic rings. The molecule has 3 atom stereocenters. The van der Waals surface area contributed by atoms with E-state index in [-0.39, 0.29) is 0 Å². The summed E-state index contributed by atoms with van der Waals surface area (Å²) in [7, 11) is 1.70. The molecule has 0 saturated heterocycles. The Hall–Kier alpha value is -1.06. The van der Waals surface area contributed by atoms with Crippen LogP contribution in [0.2, 0.25) is 0 Å². The van der Waals surface area contributed by atoms with E-state index >= 15 is 0 Å². The molecule has 0 bridgehead atoms. The molecule has 3 unspecified atom stereocenters. The second-order valence-electron chi connectivity index (χ2n) is 6.35. The van der Waals surface area contributed by atoms with Crippen LogP contribution in [0.15, 0.2) is 24.3 Å². The lowest BCUT2D eigenvalue weighted by Gasteiger charge is -2.31. The molecule has 0 aromatic heterocycles. The topological polar surface area (TPSA) is 41.5 Å². The third-order valence-corrected chi connectivity index (χ3v) is 4.73. The number of benzene rings is 1. The first-order valence-electron chi connectivity index (χ1n) is 8.20. The third kappa shape index (κ3) is 5.01. The average molecular weight is 291 g/mol. The number of aliphatic hydroxyl groups excluding tert-OH is 1. The maximum absolute atomic E-state index is 9.47. The first kappa shape index (κ1) is 16.3. The second-order valence-corrected chi connectivity index (χ2v) is 6.35. The zero-order valence-corrected chi connectivity index (χ0v) is 13.3. The molecule has 2 N–H and O–H groups in total. The van der Waals surface area contributed by atoms with Crippen LogP contribution in [-0.4, -0.2) is 31.4 Å². The van der Waals surface area contributed by atoms with Crippen molar-refractivity contribution in [3.05, 3.63) is 29.8 Å². The summed E-state index contributed by atoms with van der Waals surface area (Å²) in [5.74, 6) is 2.05. The van der Waals surface area contributed by atoms with Gasteiger partial charge in [-0.2, -0.15) is 0 Å². The van der Waals surface area contributed by atoms with Crippen molar-refractivity contribution in [3.8, 4) is 5.75 Å². The molecule has 1 saturated carbocycles. The Bertz CT molecular complexity index is 404. The lowest BCUT2D eigenvalue weighted by atomic mass is 9.79. The van der Waals surface area contributed by atoms with E-state index in [1.165, 1.54) is 31.2 Å². The Morgan fingerprint density at radius 3 is 2.48 bits per heavy atom. The van der Waals surface area contributed by atoms with Gasteiger partial charge in [-0.25, -0.2) is 0 Å². The zero-order valence-electron chi connectivity index (χ0n) is 13.3. The number of ether oxygens (including phenoxy) is 1. The summed E-state index contributed by atoms with van der Waals surface area (Å²) < 4.78 is 5.19. The first-order valence-corrected chi connectivity index (χ1v) is 8.20. The predicted octanol–water partition coefficient (Wildman–Crippen LogP) is 3.01. The van der Waals surface area contributed by atoms with Gasteiger partial charge in [0.2, 0.25) is 0 Å². The van der Waals surface area contributed by atoms with Crippen LogP contribution in [0.1, 0.15) is 38.2 Å². The van der Waals surface area contributed by atoms with E-state index in [0.717, 1.165) is 18.7 Å². The van der Waals surface area contributed by atoms with Crippen LogP contribution in [0, 0.1) is 11.8 Å². The summed E-state index contributed by atoms with van der Waals surface area (Å²) in [6, 6.07) is 8.76. The molecule has 1 aliphatic rings. The molecule has 1 fully saturated rings. The van der Waals surface area contributed by atoms with Crippen LogP contribution in [0.4, 0.5) is 0 Å². The van der Waals surface area contributed by atoms with E-state index < -0.39 is 0 Å². The van der Waals surface area contributed by atoms with Crippen LogP contribution in [0.25, 0.3) is 0 Å². The highest BCUT2D eigenvalue weighted by atomic mass is 16.5. The highest BCUT2D eigenvalue weighted by Crippen LogP contribution is 2.29. The summed E-state index contributed by atoms with van der Waals surface area (Å²) in [5, 5.41) is 13.1. The minimum atomic E-state index is 0.346. The van der Waals surface area contributed by atoms with Crippen molar-refractivity contribution in [2.24, 2.45) is 11.8 Å². The van der Waals surface area contributed by atoms with E-state index in [9.17, 15) is 5.11 Å². The second kappa shape index (κ2) is 8.40. The number of hydrogen-bond donors (Lipinski definition) is 2. The molecule has 0 heterocycles. The Morgan fingerprint density at radius 2 is 1.86 bits per heavy atom. The molecule has 1 aromatic carbocycles. The van der Waals surface area contributed by atoms with Crippen molar-refractivity contribution in [1.29, 1.82) is 0 Å². The molecule has 21 heavy (non-hydrogen) atoms. The highest BCUT2D eigenvalue weighted by Gasteiger charge is 2.24. The van der Waals surface area contributed by atoms with Gasteiger partial charge in [0, 0.05) is 12.6 Å². The van der Waals surface area contributed by atoms with Crippen LogP contribution in [-0.2, 0) is 6.42 Å². The van der Waals surface area contributed by atoms with Crippen LogP contribution in [0.3, 0.4) is 0 Å². The number of rotatable bonds is 7. The maximum Gasteiger partial charge on any atom is 0.118 e. The fourth-order valence-corrected chi connectivity index (χ4v) is 3.33. The monoisotopic (exact) mass is 291 g/mol. The van der Waals surface area contributed by atoms with E-state index in [1.54, 1.807) is 7.11 Å². The summed E-state index contributed by atoms with van der Waals surface area (Å²) in [4.78, 5) is 0. The number of aliphatic hydroxyl groups is 1. The minimum absolute atomic E-state index is 0.346. The average Bonchev–Trinajstić information content (AvgIpc) is 2.54. The maximum atomic E-state index is 9.47. The van der Waals surface area contributed by atoms with Gasteiger partial charge in [0.15, 0.2) is 0 Å². The quantitative estimate of drug-likeness (QED) is 0.811. The SMILES string of the molecule is COc1ccc(CC(C)NCC2CCCCC2CO)cc1. The standard InChI is InChI=1S/C18H29NO2/c1-14(11-15-7-9-18(21-2)10-8-15)19-12-16-5-3-4-6-17(16)13-20/h7-10,14,16-17,19-20H,3-6,11-13H2,1-2H3. The van der Waals surface area contributed by atoms with Gasteiger partial charge in [-0.3, -0.25) is 0 Å². The predicted molar refractivity (Wildman–Crippen MR) is 86.7 cm³/mol. The fraction of sp³-hybridized carbons (Fsp3) is 0.667. The normalized spacial score (nSPS) is 23.8. The number of hydrogen-bond acceptors (Lipinski definition) is 3. The van der Waals surface area contributed by atoms with Crippen molar-refractivity contribution >= 4 is 0 Å². The molecule has 2 rings (SSSR count). The van der Waals surface area contributed by atoms with Gasteiger partial charge in [0.25, 0.3) is 0 Å². The summed E-state index contributed by atoms with van der Waals surface area (Å²) in [5.41, 5.74) is 1.33. The van der Waals surface area contributed by atoms with Gasteiger partial charge in [0.1, 0.15) is 5.75 Å². The van der Waals surface area contributed by atoms with Gasteiger partial charge < -0.3 is 15.2 Å². The van der Waals surface area contributed by atoms with E-state index in [2.05, 4.69) is 24.4 Å². The Kier molecular flexibility index (Phi) is 6.52. The lowest BCUT2D eigenvalue weighted by Crippen LogP contribution is -2.37. The molecule has 0 aliphatic heterocycles. The van der Waals surface area contributed by atoms with E-state index in [0.29, 0.717) is 24.5 Å². The molecular weight excluding hydrogens is 262 g/mol. The third-order valence-electron chi connectivity index (χ3n) is 4.73. The van der Waals surface area contributed by atoms with E-state index in [4.69, 9.17) is 4.74 Å². The van der Waals surface area contributed by atoms with Crippen molar-refractivity contribution in [1.82, 2.24) is 5.32 Å².